The van der Waals surface area contributed by atoms with Crippen molar-refractivity contribution in [2.45, 2.75) is 6.92 Å². The van der Waals surface area contributed by atoms with E-state index in [9.17, 15) is 14.9 Å². The molecule has 21 heavy (non-hydrogen) atoms. The molecule has 7 heteroatoms. The predicted molar refractivity (Wildman–Crippen MR) is 80.2 cm³/mol. The average Bonchev–Trinajstić information content (AvgIpc) is 2.51. The van der Waals surface area contributed by atoms with Crippen LogP contribution in [-0.2, 0) is 4.79 Å². The molecule has 0 spiro atoms. The topological polar surface area (TPSA) is 88.4 Å². The summed E-state index contributed by atoms with van der Waals surface area (Å²) in [6.45, 7) is 2.66. The van der Waals surface area contributed by atoms with Crippen molar-refractivity contribution in [3.05, 3.63) is 40.7 Å². The molecular weight excluding hydrogens is 272 g/mol. The van der Waals surface area contributed by atoms with Crippen molar-refractivity contribution in [1.29, 1.82) is 0 Å². The lowest BCUT2D eigenvalue weighted by molar-refractivity contribution is -0.383. The Labute approximate surface area is 121 Å². The van der Waals surface area contributed by atoms with E-state index in [0.29, 0.717) is 23.0 Å². The number of carbonyl (C=O) groups is 1. The lowest BCUT2D eigenvalue weighted by Gasteiger charge is -2.16. The third-order valence-corrected chi connectivity index (χ3v) is 3.32. The van der Waals surface area contributed by atoms with Crippen LogP contribution in [0.1, 0.15) is 6.92 Å². The summed E-state index contributed by atoms with van der Waals surface area (Å²) in [6, 6.07) is 4.72. The minimum atomic E-state index is -0.441. The van der Waals surface area contributed by atoms with Gasteiger partial charge in [-0.25, -0.2) is 0 Å². The van der Waals surface area contributed by atoms with Crippen molar-refractivity contribution < 1.29 is 9.72 Å². The molecule has 0 aliphatic heterocycles. The fraction of sp³-hybridized carbons (Fsp3) is 0.286. The van der Waals surface area contributed by atoms with Crippen molar-refractivity contribution in [3.8, 4) is 0 Å². The number of hydrogen-bond acceptors (Lipinski definition) is 5. The van der Waals surface area contributed by atoms with Crippen LogP contribution in [0.2, 0.25) is 0 Å². The molecule has 7 nitrogen and oxygen atoms in total. The number of hydrogen-bond donors (Lipinski definition) is 1. The van der Waals surface area contributed by atoms with Gasteiger partial charge in [0, 0.05) is 43.1 Å². The van der Waals surface area contributed by atoms with Crippen molar-refractivity contribution >= 4 is 28.1 Å². The van der Waals surface area contributed by atoms with Gasteiger partial charge in [0.05, 0.1) is 16.9 Å². The maximum Gasteiger partial charge on any atom is 0.278 e. The Balaban J connectivity index is 2.32. The van der Waals surface area contributed by atoms with Gasteiger partial charge >= 0.3 is 0 Å². The van der Waals surface area contributed by atoms with Gasteiger partial charge in [-0.1, -0.05) is 0 Å². The van der Waals surface area contributed by atoms with Crippen molar-refractivity contribution in [3.63, 3.8) is 0 Å². The maximum atomic E-state index is 11.8. The molecule has 1 aromatic heterocycles. The summed E-state index contributed by atoms with van der Waals surface area (Å²) in [5.74, 6) is -0.0435. The molecule has 0 aliphatic rings. The normalized spacial score (nSPS) is 10.4. The van der Waals surface area contributed by atoms with E-state index in [1.165, 1.54) is 12.3 Å². The second-order valence-corrected chi connectivity index (χ2v) is 4.57. The highest BCUT2D eigenvalue weighted by Gasteiger charge is 2.15. The van der Waals surface area contributed by atoms with Crippen molar-refractivity contribution in [1.82, 2.24) is 9.88 Å². The highest BCUT2D eigenvalue weighted by Crippen LogP contribution is 2.30. The number of pyridine rings is 1. The SMILES string of the molecule is CCN(C)C(=O)CNc1ccc([N+](=O)[O-])c2cnccc12. The first-order valence-electron chi connectivity index (χ1n) is 6.53. The van der Waals surface area contributed by atoms with Crippen LogP contribution in [0.4, 0.5) is 11.4 Å². The van der Waals surface area contributed by atoms with Crippen LogP contribution in [0.15, 0.2) is 30.6 Å². The first-order valence-corrected chi connectivity index (χ1v) is 6.53. The molecule has 1 amide bonds. The fourth-order valence-corrected chi connectivity index (χ4v) is 1.97. The molecule has 1 N–H and O–H groups in total. The summed E-state index contributed by atoms with van der Waals surface area (Å²) in [7, 11) is 1.72. The number of fused-ring (bicyclic) bond motifs is 1. The van der Waals surface area contributed by atoms with Crippen LogP contribution in [0.25, 0.3) is 10.8 Å². The molecule has 0 atom stereocenters. The highest BCUT2D eigenvalue weighted by molar-refractivity contribution is 5.99. The average molecular weight is 288 g/mol. The Morgan fingerprint density at radius 1 is 1.38 bits per heavy atom. The minimum absolute atomic E-state index is 0.000604. The van der Waals surface area contributed by atoms with E-state index in [1.807, 2.05) is 6.92 Å². The Morgan fingerprint density at radius 2 is 2.14 bits per heavy atom. The van der Waals surface area contributed by atoms with E-state index in [4.69, 9.17) is 0 Å². The number of nitro groups is 1. The number of nitrogens with zero attached hydrogens (tertiary/aromatic N) is 3. The lowest BCUT2D eigenvalue weighted by atomic mass is 10.1. The zero-order chi connectivity index (χ0) is 15.4. The molecule has 110 valence electrons. The van der Waals surface area contributed by atoms with E-state index < -0.39 is 4.92 Å². The molecule has 1 heterocycles. The first-order chi connectivity index (χ1) is 10.0. The van der Waals surface area contributed by atoms with Gasteiger partial charge in [-0.15, -0.1) is 0 Å². The van der Waals surface area contributed by atoms with E-state index >= 15 is 0 Å². The summed E-state index contributed by atoms with van der Waals surface area (Å²) in [4.78, 5) is 27.9. The molecular formula is C14H16N4O3. The standard InChI is InChI=1S/C14H16N4O3/c1-3-17(2)14(19)9-16-12-4-5-13(18(20)21)11-8-15-7-6-10(11)12/h4-8,16H,3,9H2,1-2H3. The number of benzene rings is 1. The zero-order valence-electron chi connectivity index (χ0n) is 11.9. The molecule has 0 bridgehead atoms. The maximum absolute atomic E-state index is 11.8. The number of nitrogens with one attached hydrogen (secondary N) is 1. The number of anilines is 1. The van der Waals surface area contributed by atoms with Gasteiger partial charge in [0.1, 0.15) is 0 Å². The number of rotatable bonds is 5. The molecule has 0 fully saturated rings. The van der Waals surface area contributed by atoms with E-state index in [1.54, 1.807) is 30.3 Å². The number of carbonyl (C=O) groups excluding carboxylic acids is 1. The first kappa shape index (κ1) is 14.7. The number of non-ortho nitro benzene ring substituents is 1. The Bertz CT molecular complexity index is 687. The summed E-state index contributed by atoms with van der Waals surface area (Å²) in [6.07, 6.45) is 3.02. The smallest absolute Gasteiger partial charge is 0.278 e. The third-order valence-electron chi connectivity index (χ3n) is 3.32. The molecule has 0 saturated heterocycles. The third kappa shape index (κ3) is 3.07. The molecule has 2 aromatic rings. The molecule has 0 saturated carbocycles. The number of likely N-dealkylation sites (N-methyl/N-ethyl adjacent to an activating group) is 1. The van der Waals surface area contributed by atoms with Crippen LogP contribution in [0.5, 0.6) is 0 Å². The number of nitro benzene ring substituents is 1. The van der Waals surface area contributed by atoms with Crippen LogP contribution in [0.3, 0.4) is 0 Å². The Morgan fingerprint density at radius 3 is 2.81 bits per heavy atom. The van der Waals surface area contributed by atoms with Gasteiger partial charge in [-0.3, -0.25) is 19.9 Å². The second kappa shape index (κ2) is 6.17. The van der Waals surface area contributed by atoms with Gasteiger partial charge in [0.2, 0.25) is 5.91 Å². The Kier molecular flexibility index (Phi) is 4.32. The second-order valence-electron chi connectivity index (χ2n) is 4.57. The number of amides is 1. The van der Waals surface area contributed by atoms with Crippen LogP contribution in [-0.4, -0.2) is 40.9 Å². The number of aromatic nitrogens is 1. The van der Waals surface area contributed by atoms with Crippen LogP contribution < -0.4 is 5.32 Å². The van der Waals surface area contributed by atoms with Gasteiger partial charge in [0.15, 0.2) is 0 Å². The van der Waals surface area contributed by atoms with Crippen LogP contribution >= 0.6 is 0 Å². The van der Waals surface area contributed by atoms with Gasteiger partial charge in [-0.05, 0) is 19.1 Å². The minimum Gasteiger partial charge on any atom is -0.376 e. The van der Waals surface area contributed by atoms with Crippen molar-refractivity contribution in [2.75, 3.05) is 25.5 Å². The Hall–Kier alpha value is -2.70. The lowest BCUT2D eigenvalue weighted by Crippen LogP contribution is -2.31. The largest absolute Gasteiger partial charge is 0.376 e. The molecule has 0 unspecified atom stereocenters. The molecule has 1 aromatic carbocycles. The monoisotopic (exact) mass is 288 g/mol. The fourth-order valence-electron chi connectivity index (χ4n) is 1.97. The summed E-state index contributed by atoms with van der Waals surface area (Å²) in [5, 5.41) is 15.2. The van der Waals surface area contributed by atoms with E-state index in [2.05, 4.69) is 10.3 Å². The summed E-state index contributed by atoms with van der Waals surface area (Å²) in [5.41, 5.74) is 0.677. The van der Waals surface area contributed by atoms with Gasteiger partial charge in [0.25, 0.3) is 5.69 Å². The molecule has 2 rings (SSSR count). The van der Waals surface area contributed by atoms with E-state index in [0.717, 1.165) is 0 Å². The van der Waals surface area contributed by atoms with Gasteiger partial charge < -0.3 is 10.2 Å². The molecule has 0 radical (unpaired) electrons. The predicted octanol–water partition coefficient (Wildman–Crippen LogP) is 2.03. The summed E-state index contributed by atoms with van der Waals surface area (Å²) < 4.78 is 0. The van der Waals surface area contributed by atoms with Gasteiger partial charge in [-0.2, -0.15) is 0 Å². The quantitative estimate of drug-likeness (QED) is 0.671. The molecule has 0 aliphatic carbocycles. The van der Waals surface area contributed by atoms with Crippen molar-refractivity contribution in [2.24, 2.45) is 0 Å². The van der Waals surface area contributed by atoms with E-state index in [-0.39, 0.29) is 18.1 Å². The summed E-state index contributed by atoms with van der Waals surface area (Å²) >= 11 is 0. The van der Waals surface area contributed by atoms with Crippen LogP contribution in [0, 0.1) is 10.1 Å². The zero-order valence-corrected chi connectivity index (χ0v) is 11.9. The highest BCUT2D eigenvalue weighted by atomic mass is 16.6.